The summed E-state index contributed by atoms with van der Waals surface area (Å²) in [6.07, 6.45) is 7.59. The lowest BCUT2D eigenvalue weighted by molar-refractivity contribution is -0.142. The number of imidazole rings is 1. The molecule has 1 aromatic heterocycles. The minimum absolute atomic E-state index is 0.184. The van der Waals surface area contributed by atoms with E-state index in [-0.39, 0.29) is 12.0 Å². The molecule has 0 bridgehead atoms. The van der Waals surface area contributed by atoms with E-state index in [1.54, 1.807) is 0 Å². The van der Waals surface area contributed by atoms with E-state index in [1.165, 1.54) is 5.56 Å². The van der Waals surface area contributed by atoms with Gasteiger partial charge in [0.1, 0.15) is 11.9 Å². The number of piperidine rings is 1. The molecule has 0 aliphatic carbocycles. The third-order valence-corrected chi connectivity index (χ3v) is 5.32. The lowest BCUT2D eigenvalue weighted by Crippen LogP contribution is -2.43. The van der Waals surface area contributed by atoms with Crippen molar-refractivity contribution in [3.8, 4) is 0 Å². The van der Waals surface area contributed by atoms with E-state index in [0.717, 1.165) is 57.7 Å². The molecule has 0 radical (unpaired) electrons. The van der Waals surface area contributed by atoms with Crippen LogP contribution in [0.4, 0.5) is 0 Å². The van der Waals surface area contributed by atoms with E-state index in [4.69, 9.17) is 4.74 Å². The highest BCUT2D eigenvalue weighted by Gasteiger charge is 2.32. The van der Waals surface area contributed by atoms with Gasteiger partial charge in [-0.15, -0.1) is 0 Å². The van der Waals surface area contributed by atoms with E-state index < -0.39 is 0 Å². The molecule has 5 nitrogen and oxygen atoms in total. The highest BCUT2D eigenvalue weighted by atomic mass is 16.5. The summed E-state index contributed by atoms with van der Waals surface area (Å²) in [5, 5.41) is 0. The Bertz CT molecular complexity index is 699. The summed E-state index contributed by atoms with van der Waals surface area (Å²) < 4.78 is 7.79. The third-order valence-electron chi connectivity index (χ3n) is 5.32. The molecule has 2 aromatic rings. The summed E-state index contributed by atoms with van der Waals surface area (Å²) in [5.41, 5.74) is 1.28. The van der Waals surface area contributed by atoms with Gasteiger partial charge in [-0.2, -0.15) is 0 Å². The number of nitrogens with zero attached hydrogens (tertiary/aromatic N) is 3. The number of carbonyl (C=O) groups excluding carboxylic acids is 1. The molecule has 3 heterocycles. The first-order valence-electron chi connectivity index (χ1n) is 9.26. The molecule has 2 aliphatic rings. The quantitative estimate of drug-likeness (QED) is 0.860. The molecule has 0 unspecified atom stereocenters. The fourth-order valence-electron chi connectivity index (χ4n) is 3.93. The van der Waals surface area contributed by atoms with Crippen molar-refractivity contribution in [1.82, 2.24) is 14.5 Å². The molecule has 25 heavy (non-hydrogen) atoms. The van der Waals surface area contributed by atoms with Gasteiger partial charge in [0.2, 0.25) is 0 Å². The molecule has 1 aromatic carbocycles. The maximum Gasteiger partial charge on any atom is 0.251 e. The molecule has 0 N–H and O–H groups in total. The minimum atomic E-state index is -0.198. The van der Waals surface area contributed by atoms with Crippen molar-refractivity contribution in [3.63, 3.8) is 0 Å². The van der Waals surface area contributed by atoms with Gasteiger partial charge in [-0.05, 0) is 31.2 Å². The number of rotatable bonds is 4. The van der Waals surface area contributed by atoms with Gasteiger partial charge in [0.05, 0.1) is 0 Å². The number of ether oxygens (including phenoxy) is 1. The Hall–Kier alpha value is -2.14. The second-order valence-electron chi connectivity index (χ2n) is 7.00. The van der Waals surface area contributed by atoms with Crippen molar-refractivity contribution < 1.29 is 9.53 Å². The lowest BCUT2D eigenvalue weighted by atomic mass is 9.95. The van der Waals surface area contributed by atoms with E-state index in [9.17, 15) is 4.79 Å². The fourth-order valence-corrected chi connectivity index (χ4v) is 3.93. The fraction of sp³-hybridized carbons (Fsp3) is 0.500. The number of hydrogen-bond acceptors (Lipinski definition) is 3. The molecule has 1 atom stereocenters. The zero-order valence-corrected chi connectivity index (χ0v) is 14.5. The Morgan fingerprint density at radius 1 is 1.16 bits per heavy atom. The minimum Gasteiger partial charge on any atom is -0.368 e. The van der Waals surface area contributed by atoms with Crippen molar-refractivity contribution >= 4 is 5.91 Å². The number of likely N-dealkylation sites (tertiary alicyclic amines) is 1. The van der Waals surface area contributed by atoms with Crippen LogP contribution >= 0.6 is 0 Å². The first-order valence-corrected chi connectivity index (χ1v) is 9.26. The molecule has 2 saturated heterocycles. The summed E-state index contributed by atoms with van der Waals surface area (Å²) in [7, 11) is 0. The standard InChI is InChI=1S/C20H25N3O2/c24-20(18-7-4-14-25-18)22-11-8-17(9-12-22)19-21-10-13-23(19)15-16-5-2-1-3-6-16/h1-3,5-6,10,13,17-18H,4,7-9,11-12,14-15H2/t18-/m0/s1. The molecular formula is C20H25N3O2. The van der Waals surface area contributed by atoms with Gasteiger partial charge < -0.3 is 14.2 Å². The summed E-state index contributed by atoms with van der Waals surface area (Å²) >= 11 is 0. The first kappa shape index (κ1) is 16.3. The molecule has 2 fully saturated rings. The van der Waals surface area contributed by atoms with Crippen molar-refractivity contribution in [2.45, 2.75) is 44.2 Å². The van der Waals surface area contributed by atoms with Crippen molar-refractivity contribution in [2.75, 3.05) is 19.7 Å². The Kier molecular flexibility index (Phi) is 4.83. The molecule has 0 saturated carbocycles. The summed E-state index contributed by atoms with van der Waals surface area (Å²) in [5.74, 6) is 1.75. The third kappa shape index (κ3) is 3.61. The van der Waals surface area contributed by atoms with Crippen LogP contribution in [-0.2, 0) is 16.1 Å². The van der Waals surface area contributed by atoms with Crippen LogP contribution in [0.25, 0.3) is 0 Å². The highest BCUT2D eigenvalue weighted by molar-refractivity contribution is 5.81. The normalized spacial score (nSPS) is 21.6. The molecule has 132 valence electrons. The van der Waals surface area contributed by atoms with Crippen LogP contribution in [0.15, 0.2) is 42.7 Å². The van der Waals surface area contributed by atoms with Gasteiger partial charge in [0.25, 0.3) is 5.91 Å². The second-order valence-corrected chi connectivity index (χ2v) is 7.00. The maximum atomic E-state index is 12.5. The van der Waals surface area contributed by atoms with Crippen LogP contribution in [-0.4, -0.2) is 46.2 Å². The number of benzene rings is 1. The largest absolute Gasteiger partial charge is 0.368 e. The Labute approximate surface area is 148 Å². The van der Waals surface area contributed by atoms with Gasteiger partial charge in [-0.3, -0.25) is 4.79 Å². The number of hydrogen-bond donors (Lipinski definition) is 0. The van der Waals surface area contributed by atoms with Crippen LogP contribution in [0.3, 0.4) is 0 Å². The highest BCUT2D eigenvalue weighted by Crippen LogP contribution is 2.28. The monoisotopic (exact) mass is 339 g/mol. The maximum absolute atomic E-state index is 12.5. The number of amides is 1. The summed E-state index contributed by atoms with van der Waals surface area (Å²) in [4.78, 5) is 19.1. The van der Waals surface area contributed by atoms with Crippen molar-refractivity contribution in [1.29, 1.82) is 0 Å². The van der Waals surface area contributed by atoms with Crippen LogP contribution in [0.2, 0.25) is 0 Å². The predicted octanol–water partition coefficient (Wildman–Crippen LogP) is 2.82. The van der Waals surface area contributed by atoms with Crippen LogP contribution in [0.1, 0.15) is 43.0 Å². The Balaban J connectivity index is 1.38. The molecule has 5 heteroatoms. The van der Waals surface area contributed by atoms with Gasteiger partial charge in [-0.25, -0.2) is 4.98 Å². The smallest absolute Gasteiger partial charge is 0.251 e. The van der Waals surface area contributed by atoms with Crippen LogP contribution in [0, 0.1) is 0 Å². The zero-order valence-electron chi connectivity index (χ0n) is 14.5. The van der Waals surface area contributed by atoms with Crippen LogP contribution < -0.4 is 0 Å². The second kappa shape index (κ2) is 7.40. The van der Waals surface area contributed by atoms with E-state index in [0.29, 0.717) is 5.92 Å². The van der Waals surface area contributed by atoms with Gasteiger partial charge in [-0.1, -0.05) is 30.3 Å². The molecule has 2 aliphatic heterocycles. The zero-order chi connectivity index (χ0) is 17.1. The van der Waals surface area contributed by atoms with Gasteiger partial charge >= 0.3 is 0 Å². The predicted molar refractivity (Wildman–Crippen MR) is 95.3 cm³/mol. The molecule has 4 rings (SSSR count). The SMILES string of the molecule is O=C([C@@H]1CCCO1)N1CCC(c2nccn2Cc2ccccc2)CC1. The average molecular weight is 339 g/mol. The van der Waals surface area contributed by atoms with Gasteiger partial charge in [0.15, 0.2) is 0 Å². The van der Waals surface area contributed by atoms with E-state index in [2.05, 4.69) is 40.0 Å². The molecule has 1 amide bonds. The Morgan fingerprint density at radius 3 is 2.68 bits per heavy atom. The lowest BCUT2D eigenvalue weighted by Gasteiger charge is -2.33. The van der Waals surface area contributed by atoms with Gasteiger partial charge in [0, 0.05) is 44.6 Å². The summed E-state index contributed by atoms with van der Waals surface area (Å²) in [6.45, 7) is 3.19. The van der Waals surface area contributed by atoms with Crippen molar-refractivity contribution in [3.05, 3.63) is 54.1 Å². The molecule has 0 spiro atoms. The van der Waals surface area contributed by atoms with E-state index >= 15 is 0 Å². The molecular weight excluding hydrogens is 314 g/mol. The topological polar surface area (TPSA) is 47.4 Å². The van der Waals surface area contributed by atoms with Crippen LogP contribution in [0.5, 0.6) is 0 Å². The first-order chi connectivity index (χ1) is 12.3. The van der Waals surface area contributed by atoms with Crippen molar-refractivity contribution in [2.24, 2.45) is 0 Å². The summed E-state index contributed by atoms with van der Waals surface area (Å²) in [6, 6.07) is 10.5. The Morgan fingerprint density at radius 2 is 1.96 bits per heavy atom. The average Bonchev–Trinajstić information content (AvgIpc) is 3.34. The number of aromatic nitrogens is 2. The van der Waals surface area contributed by atoms with E-state index in [1.807, 2.05) is 17.2 Å². The number of carbonyl (C=O) groups is 1.